The minimum atomic E-state index is 0.661. The Morgan fingerprint density at radius 1 is 1.47 bits per heavy atom. The van der Waals surface area contributed by atoms with Crippen molar-refractivity contribution in [1.82, 2.24) is 14.8 Å². The summed E-state index contributed by atoms with van der Waals surface area (Å²) in [5.41, 5.74) is 9.43. The molecule has 0 amide bonds. The maximum Gasteiger partial charge on any atom is 0.180 e. The maximum absolute atomic E-state index is 5.76. The number of nitrogen functional groups attached to an aromatic ring is 1. The summed E-state index contributed by atoms with van der Waals surface area (Å²) in [6.45, 7) is 0. The first-order valence-corrected chi connectivity index (χ1v) is 5.84. The molecule has 0 unspecified atom stereocenters. The van der Waals surface area contributed by atoms with Crippen molar-refractivity contribution >= 4 is 16.5 Å². The van der Waals surface area contributed by atoms with Gasteiger partial charge in [-0.2, -0.15) is 5.10 Å². The highest BCUT2D eigenvalue weighted by Crippen LogP contribution is 2.37. The summed E-state index contributed by atoms with van der Waals surface area (Å²) in [6, 6.07) is 0. The Hall–Kier alpha value is -1.36. The highest BCUT2D eigenvalue weighted by molar-refractivity contribution is 7.18. The lowest BCUT2D eigenvalue weighted by molar-refractivity contribution is 0.775. The van der Waals surface area contributed by atoms with E-state index in [9.17, 15) is 0 Å². The molecule has 2 aromatic rings. The van der Waals surface area contributed by atoms with Gasteiger partial charge in [0, 0.05) is 7.05 Å². The van der Waals surface area contributed by atoms with Crippen LogP contribution in [0.2, 0.25) is 0 Å². The highest BCUT2D eigenvalue weighted by atomic mass is 32.1. The number of thiazole rings is 1. The third kappa shape index (κ3) is 1.26. The zero-order chi connectivity index (χ0) is 10.4. The summed E-state index contributed by atoms with van der Waals surface area (Å²) < 4.78 is 1.93. The first-order valence-electron chi connectivity index (χ1n) is 5.02. The van der Waals surface area contributed by atoms with Crippen LogP contribution in [0.15, 0.2) is 6.20 Å². The molecule has 2 aromatic heterocycles. The molecule has 15 heavy (non-hydrogen) atoms. The summed E-state index contributed by atoms with van der Waals surface area (Å²) in [5, 5.41) is 4.96. The van der Waals surface area contributed by atoms with E-state index >= 15 is 0 Å². The average Bonchev–Trinajstić information content (AvgIpc) is 2.67. The molecule has 1 aliphatic carbocycles. The van der Waals surface area contributed by atoms with E-state index in [2.05, 4.69) is 10.1 Å². The summed E-state index contributed by atoms with van der Waals surface area (Å²) >= 11 is 1.57. The Bertz CT molecular complexity index is 511. The second kappa shape index (κ2) is 3.06. The summed E-state index contributed by atoms with van der Waals surface area (Å²) in [5.74, 6) is 0. The van der Waals surface area contributed by atoms with Crippen LogP contribution in [0.3, 0.4) is 0 Å². The van der Waals surface area contributed by atoms with Crippen LogP contribution in [0.4, 0.5) is 5.13 Å². The quantitative estimate of drug-likeness (QED) is 0.734. The molecule has 2 heterocycles. The van der Waals surface area contributed by atoms with Crippen LogP contribution in [-0.4, -0.2) is 14.8 Å². The van der Waals surface area contributed by atoms with E-state index in [4.69, 9.17) is 5.73 Å². The number of rotatable bonds is 0. The molecule has 4 nitrogen and oxygen atoms in total. The first kappa shape index (κ1) is 8.91. The van der Waals surface area contributed by atoms with Crippen LogP contribution >= 0.6 is 11.3 Å². The molecule has 2 N–H and O–H groups in total. The van der Waals surface area contributed by atoms with E-state index in [0.717, 1.165) is 25.0 Å². The van der Waals surface area contributed by atoms with Crippen molar-refractivity contribution < 1.29 is 0 Å². The van der Waals surface area contributed by atoms with Crippen molar-refractivity contribution in [1.29, 1.82) is 0 Å². The van der Waals surface area contributed by atoms with Gasteiger partial charge in [-0.3, -0.25) is 4.68 Å². The Kier molecular flexibility index (Phi) is 1.82. The largest absolute Gasteiger partial charge is 0.375 e. The number of nitrogens with two attached hydrogens (primary N) is 1. The third-order valence-electron chi connectivity index (χ3n) is 2.80. The van der Waals surface area contributed by atoms with Crippen LogP contribution in [0.5, 0.6) is 0 Å². The molecule has 5 heteroatoms. The number of aromatic nitrogens is 3. The Morgan fingerprint density at radius 3 is 3.20 bits per heavy atom. The number of aryl methyl sites for hydroxylation is 3. The Labute approximate surface area is 91.7 Å². The Morgan fingerprint density at radius 2 is 2.33 bits per heavy atom. The van der Waals surface area contributed by atoms with E-state index in [1.165, 1.54) is 16.1 Å². The number of fused-ring (bicyclic) bond motifs is 3. The molecule has 1 aliphatic rings. The van der Waals surface area contributed by atoms with E-state index < -0.39 is 0 Å². The minimum Gasteiger partial charge on any atom is -0.375 e. The van der Waals surface area contributed by atoms with Gasteiger partial charge in [0.05, 0.1) is 22.5 Å². The lowest BCUT2D eigenvalue weighted by Gasteiger charge is -2.00. The van der Waals surface area contributed by atoms with Gasteiger partial charge in [-0.25, -0.2) is 4.98 Å². The molecular weight excluding hydrogens is 208 g/mol. The normalized spacial score (nSPS) is 14.5. The molecule has 0 bridgehead atoms. The fraction of sp³-hybridized carbons (Fsp3) is 0.400. The maximum atomic E-state index is 5.76. The molecular formula is C10H12N4S. The standard InChI is InChI=1S/C10H12N4S/c1-14-8-6(5-12-14)3-2-4-7-9(8)15-10(11)13-7/h5H,2-4H2,1H3,(H2,11,13). The van der Waals surface area contributed by atoms with E-state index in [-0.39, 0.29) is 0 Å². The predicted molar refractivity (Wildman–Crippen MR) is 60.8 cm³/mol. The van der Waals surface area contributed by atoms with Crippen molar-refractivity contribution in [2.24, 2.45) is 7.05 Å². The summed E-state index contributed by atoms with van der Waals surface area (Å²) in [4.78, 5) is 5.59. The molecule has 0 saturated carbocycles. The van der Waals surface area contributed by atoms with Gasteiger partial charge in [-0.15, -0.1) is 0 Å². The molecule has 0 radical (unpaired) electrons. The lowest BCUT2D eigenvalue weighted by Crippen LogP contribution is -1.94. The molecule has 0 aliphatic heterocycles. The van der Waals surface area contributed by atoms with Crippen molar-refractivity contribution in [2.45, 2.75) is 19.3 Å². The SMILES string of the molecule is Cn1ncc2c1-c1sc(N)nc1CCC2. The number of nitrogens with zero attached hydrogens (tertiary/aromatic N) is 3. The molecule has 0 saturated heterocycles. The van der Waals surface area contributed by atoms with Gasteiger partial charge in [-0.1, -0.05) is 11.3 Å². The average molecular weight is 220 g/mol. The molecule has 78 valence electrons. The molecule has 3 rings (SSSR count). The number of anilines is 1. The van der Waals surface area contributed by atoms with Gasteiger partial charge in [0.25, 0.3) is 0 Å². The lowest BCUT2D eigenvalue weighted by atomic mass is 10.1. The van der Waals surface area contributed by atoms with E-state index in [1.807, 2.05) is 17.9 Å². The molecule has 0 aromatic carbocycles. The van der Waals surface area contributed by atoms with Crippen molar-refractivity contribution in [3.05, 3.63) is 17.5 Å². The third-order valence-corrected chi connectivity index (χ3v) is 3.74. The van der Waals surface area contributed by atoms with Crippen LogP contribution < -0.4 is 5.73 Å². The van der Waals surface area contributed by atoms with Gasteiger partial charge < -0.3 is 5.73 Å². The van der Waals surface area contributed by atoms with Crippen LogP contribution in [0, 0.1) is 0 Å². The smallest absolute Gasteiger partial charge is 0.180 e. The van der Waals surface area contributed by atoms with Gasteiger partial charge in [0.2, 0.25) is 0 Å². The topological polar surface area (TPSA) is 56.7 Å². The summed E-state index contributed by atoms with van der Waals surface area (Å²) in [7, 11) is 1.98. The zero-order valence-electron chi connectivity index (χ0n) is 8.53. The van der Waals surface area contributed by atoms with Crippen molar-refractivity contribution in [3.8, 4) is 10.6 Å². The van der Waals surface area contributed by atoms with Gasteiger partial charge in [0.15, 0.2) is 5.13 Å². The van der Waals surface area contributed by atoms with Crippen LogP contribution in [0.1, 0.15) is 17.7 Å². The monoisotopic (exact) mass is 220 g/mol. The second-order valence-corrected chi connectivity index (χ2v) is 4.85. The zero-order valence-corrected chi connectivity index (χ0v) is 9.34. The number of hydrogen-bond donors (Lipinski definition) is 1. The highest BCUT2D eigenvalue weighted by Gasteiger charge is 2.21. The first-order chi connectivity index (χ1) is 7.25. The molecule has 0 spiro atoms. The Balaban J connectivity index is 2.29. The van der Waals surface area contributed by atoms with Gasteiger partial charge >= 0.3 is 0 Å². The molecule has 0 atom stereocenters. The fourth-order valence-electron chi connectivity index (χ4n) is 2.13. The van der Waals surface area contributed by atoms with Gasteiger partial charge in [-0.05, 0) is 24.8 Å². The van der Waals surface area contributed by atoms with E-state index in [0.29, 0.717) is 5.13 Å². The predicted octanol–water partition coefficient (Wildman–Crippen LogP) is 1.61. The number of hydrogen-bond acceptors (Lipinski definition) is 4. The van der Waals surface area contributed by atoms with E-state index in [1.54, 1.807) is 11.3 Å². The van der Waals surface area contributed by atoms with Crippen LogP contribution in [0.25, 0.3) is 10.6 Å². The second-order valence-electron chi connectivity index (χ2n) is 3.82. The minimum absolute atomic E-state index is 0.661. The summed E-state index contributed by atoms with van der Waals surface area (Å²) in [6.07, 6.45) is 5.21. The van der Waals surface area contributed by atoms with Crippen molar-refractivity contribution in [2.75, 3.05) is 5.73 Å². The van der Waals surface area contributed by atoms with Crippen molar-refractivity contribution in [3.63, 3.8) is 0 Å². The van der Waals surface area contributed by atoms with Gasteiger partial charge in [0.1, 0.15) is 0 Å². The van der Waals surface area contributed by atoms with Crippen LogP contribution in [-0.2, 0) is 19.9 Å². The molecule has 0 fully saturated rings. The fourth-order valence-corrected chi connectivity index (χ4v) is 3.12.